The molecule has 0 N–H and O–H groups in total. The Morgan fingerprint density at radius 1 is 1.21 bits per heavy atom. The summed E-state index contributed by atoms with van der Waals surface area (Å²) in [5.41, 5.74) is -1.27. The minimum atomic E-state index is -4.22. The Kier molecular flexibility index (Phi) is 6.56. The van der Waals surface area contributed by atoms with E-state index in [0.717, 1.165) is 15.1 Å². The highest BCUT2D eigenvalue weighted by atomic mass is 32.2. The summed E-state index contributed by atoms with van der Waals surface area (Å²) in [5, 5.41) is 9.45. The fourth-order valence-electron chi connectivity index (χ4n) is 3.10. The quantitative estimate of drug-likeness (QED) is 0.554. The lowest BCUT2D eigenvalue weighted by Crippen LogP contribution is -2.33. The summed E-state index contributed by atoms with van der Waals surface area (Å²) < 4.78 is 48.6. The predicted octanol–water partition coefficient (Wildman–Crippen LogP) is 4.16. The van der Waals surface area contributed by atoms with Crippen molar-refractivity contribution in [2.45, 2.75) is 37.8 Å². The van der Waals surface area contributed by atoms with Crippen LogP contribution in [0.5, 0.6) is 0 Å². The summed E-state index contributed by atoms with van der Waals surface area (Å²) in [7, 11) is -2.81. The number of hydrogen-bond acceptors (Lipinski definition) is 6. The number of benzene rings is 1. The van der Waals surface area contributed by atoms with Crippen LogP contribution in [0.25, 0.3) is 11.3 Å². The van der Waals surface area contributed by atoms with Gasteiger partial charge in [-0.1, -0.05) is 18.2 Å². The van der Waals surface area contributed by atoms with Gasteiger partial charge in [0.2, 0.25) is 0 Å². The van der Waals surface area contributed by atoms with E-state index >= 15 is 4.39 Å². The lowest BCUT2D eigenvalue weighted by Gasteiger charge is -2.24. The fraction of sp³-hybridized carbons (Fsp3) is 0.261. The van der Waals surface area contributed by atoms with Crippen molar-refractivity contribution in [3.05, 3.63) is 71.9 Å². The van der Waals surface area contributed by atoms with E-state index in [1.807, 2.05) is 6.07 Å². The van der Waals surface area contributed by atoms with Crippen LogP contribution in [0.4, 0.5) is 9.18 Å². The van der Waals surface area contributed by atoms with E-state index in [4.69, 9.17) is 4.74 Å². The first kappa shape index (κ1) is 23.9. The van der Waals surface area contributed by atoms with Crippen LogP contribution in [-0.4, -0.2) is 41.0 Å². The van der Waals surface area contributed by atoms with E-state index in [9.17, 15) is 18.5 Å². The average Bonchev–Trinajstić information content (AvgIpc) is 3.09. The molecule has 0 saturated carbocycles. The summed E-state index contributed by atoms with van der Waals surface area (Å²) >= 11 is 0. The second kappa shape index (κ2) is 9.03. The zero-order valence-corrected chi connectivity index (χ0v) is 19.4. The maximum atomic E-state index is 15.7. The maximum Gasteiger partial charge on any atom is 0.410 e. The molecule has 2 heterocycles. The molecule has 0 aliphatic carbocycles. The normalized spacial score (nSPS) is 11.6. The summed E-state index contributed by atoms with van der Waals surface area (Å²) in [6, 6.07) is 12.3. The van der Waals surface area contributed by atoms with Crippen LogP contribution in [-0.2, 0) is 21.3 Å². The van der Waals surface area contributed by atoms with Crippen molar-refractivity contribution in [3.63, 3.8) is 0 Å². The van der Waals surface area contributed by atoms with Gasteiger partial charge in [-0.05, 0) is 45.0 Å². The molecule has 0 atom stereocenters. The standard InChI is InChI=1S/C23H23FN4O4S/c1-23(2,3)32-22(29)27(4)14-16-15-28(33(30,31)17-9-6-5-7-10-17)21(20(16)24)18-11-8-12-26-19(18)13-25/h5-12,15H,14H2,1-4H3. The molecule has 0 bridgehead atoms. The highest BCUT2D eigenvalue weighted by Crippen LogP contribution is 2.32. The van der Waals surface area contributed by atoms with Gasteiger partial charge in [-0.15, -0.1) is 0 Å². The third-order valence-electron chi connectivity index (χ3n) is 4.56. The second-order valence-corrected chi connectivity index (χ2v) is 10.1. The van der Waals surface area contributed by atoms with E-state index in [0.29, 0.717) is 0 Å². The zero-order chi connectivity index (χ0) is 24.4. The minimum absolute atomic E-state index is 0.0168. The van der Waals surface area contributed by atoms with Gasteiger partial charge < -0.3 is 9.64 Å². The van der Waals surface area contributed by atoms with Gasteiger partial charge >= 0.3 is 6.09 Å². The topological polar surface area (TPSA) is 105 Å². The van der Waals surface area contributed by atoms with Gasteiger partial charge in [0.15, 0.2) is 5.82 Å². The van der Waals surface area contributed by atoms with Crippen molar-refractivity contribution >= 4 is 16.1 Å². The third kappa shape index (κ3) is 5.04. The van der Waals surface area contributed by atoms with Gasteiger partial charge in [-0.2, -0.15) is 5.26 Å². The number of carbonyl (C=O) groups excluding carboxylic acids is 1. The van der Waals surface area contributed by atoms with E-state index in [-0.39, 0.29) is 34.0 Å². The molecule has 1 amide bonds. The van der Waals surface area contributed by atoms with Crippen LogP contribution >= 0.6 is 0 Å². The second-order valence-electron chi connectivity index (χ2n) is 8.28. The number of aromatic nitrogens is 2. The van der Waals surface area contributed by atoms with Gasteiger partial charge in [0.25, 0.3) is 10.0 Å². The SMILES string of the molecule is CN(Cc1cn(S(=O)(=O)c2ccccc2)c(-c2cccnc2C#N)c1F)C(=O)OC(C)(C)C. The van der Waals surface area contributed by atoms with E-state index in [1.54, 1.807) is 39.0 Å². The Balaban J connectivity index is 2.17. The van der Waals surface area contributed by atoms with Crippen molar-refractivity contribution in [1.29, 1.82) is 5.26 Å². The number of carbonyl (C=O) groups is 1. The first-order valence-corrected chi connectivity index (χ1v) is 11.4. The van der Waals surface area contributed by atoms with Gasteiger partial charge in [0.05, 0.1) is 11.4 Å². The molecule has 33 heavy (non-hydrogen) atoms. The van der Waals surface area contributed by atoms with Crippen molar-refractivity contribution in [3.8, 4) is 17.3 Å². The lowest BCUT2D eigenvalue weighted by atomic mass is 10.1. The summed E-state index contributed by atoms with van der Waals surface area (Å²) in [5.74, 6) is -0.880. The van der Waals surface area contributed by atoms with E-state index < -0.39 is 27.5 Å². The molecule has 0 fully saturated rings. The molecule has 1 aromatic carbocycles. The first-order valence-electron chi connectivity index (χ1n) is 9.95. The molecule has 8 nitrogen and oxygen atoms in total. The van der Waals surface area contributed by atoms with Crippen LogP contribution in [0, 0.1) is 17.1 Å². The van der Waals surface area contributed by atoms with Crippen LogP contribution in [0.2, 0.25) is 0 Å². The molecule has 3 aromatic rings. The molecule has 2 aromatic heterocycles. The molecule has 3 rings (SSSR count). The van der Waals surface area contributed by atoms with Gasteiger partial charge in [-0.3, -0.25) is 0 Å². The van der Waals surface area contributed by atoms with Crippen molar-refractivity contribution in [2.24, 2.45) is 0 Å². The average molecular weight is 471 g/mol. The predicted molar refractivity (Wildman–Crippen MR) is 119 cm³/mol. The number of nitrogens with zero attached hydrogens (tertiary/aromatic N) is 4. The van der Waals surface area contributed by atoms with Crippen molar-refractivity contribution in [2.75, 3.05) is 7.05 Å². The van der Waals surface area contributed by atoms with Crippen molar-refractivity contribution in [1.82, 2.24) is 13.9 Å². The molecular formula is C23H23FN4O4S. The lowest BCUT2D eigenvalue weighted by molar-refractivity contribution is 0.0284. The Labute approximate surface area is 191 Å². The van der Waals surface area contributed by atoms with Crippen LogP contribution in [0.15, 0.2) is 59.8 Å². The molecular weight excluding hydrogens is 447 g/mol. The fourth-order valence-corrected chi connectivity index (χ4v) is 4.51. The third-order valence-corrected chi connectivity index (χ3v) is 6.24. The molecule has 172 valence electrons. The number of nitriles is 1. The molecule has 0 spiro atoms. The smallest absolute Gasteiger partial charge is 0.410 e. The first-order chi connectivity index (χ1) is 15.5. The van der Waals surface area contributed by atoms with Crippen LogP contribution in [0.1, 0.15) is 32.0 Å². The molecule has 10 heteroatoms. The van der Waals surface area contributed by atoms with Crippen LogP contribution < -0.4 is 0 Å². The maximum absolute atomic E-state index is 15.7. The number of halogens is 1. The summed E-state index contributed by atoms with van der Waals surface area (Å²) in [6.07, 6.45) is 1.78. The molecule has 0 unspecified atom stereocenters. The zero-order valence-electron chi connectivity index (χ0n) is 18.6. The highest BCUT2D eigenvalue weighted by Gasteiger charge is 2.29. The van der Waals surface area contributed by atoms with E-state index in [1.165, 1.54) is 37.5 Å². The molecule has 0 radical (unpaired) electrons. The summed E-state index contributed by atoms with van der Waals surface area (Å²) in [4.78, 5) is 17.4. The molecule has 0 aliphatic rings. The van der Waals surface area contributed by atoms with Crippen LogP contribution in [0.3, 0.4) is 0 Å². The Bertz CT molecular complexity index is 1320. The Morgan fingerprint density at radius 3 is 2.48 bits per heavy atom. The number of pyridine rings is 1. The molecule has 0 aliphatic heterocycles. The Hall–Kier alpha value is -3.71. The van der Waals surface area contributed by atoms with Gasteiger partial charge in [0, 0.05) is 30.6 Å². The largest absolute Gasteiger partial charge is 0.444 e. The highest BCUT2D eigenvalue weighted by molar-refractivity contribution is 7.90. The molecule has 0 saturated heterocycles. The Morgan fingerprint density at radius 2 is 1.88 bits per heavy atom. The summed E-state index contributed by atoms with van der Waals surface area (Å²) in [6.45, 7) is 4.84. The number of hydrogen-bond donors (Lipinski definition) is 0. The number of amides is 1. The number of rotatable bonds is 5. The monoisotopic (exact) mass is 470 g/mol. The van der Waals surface area contributed by atoms with Crippen molar-refractivity contribution < 1.29 is 22.3 Å². The van der Waals surface area contributed by atoms with Gasteiger partial charge in [-0.25, -0.2) is 26.6 Å². The van der Waals surface area contributed by atoms with E-state index in [2.05, 4.69) is 4.98 Å². The minimum Gasteiger partial charge on any atom is -0.444 e. The number of ether oxygens (including phenoxy) is 1. The van der Waals surface area contributed by atoms with Gasteiger partial charge in [0.1, 0.15) is 23.1 Å².